The summed E-state index contributed by atoms with van der Waals surface area (Å²) in [7, 11) is 0. The molecule has 1 heterocycles. The fraction of sp³-hybridized carbons (Fsp3) is 0.158. The minimum Gasteiger partial charge on any atom is -0.487 e. The minimum atomic E-state index is 0.127. The van der Waals surface area contributed by atoms with Gasteiger partial charge in [-0.15, -0.1) is 5.10 Å². The molecule has 0 bridgehead atoms. The molecule has 7 nitrogen and oxygen atoms in total. The van der Waals surface area contributed by atoms with E-state index in [0.717, 1.165) is 17.0 Å². The standard InChI is InChI=1S/C19H20N6OS/c1-14-3-2-4-16(9-14)11-25-12-17(22-24-25)13-26-18-7-5-15(6-8-18)10-21-23-19(20)27/h2-10,12H,11,13H2,1H3,(H3,20,23,27)/b21-10+. The summed E-state index contributed by atoms with van der Waals surface area (Å²) in [5, 5.41) is 12.3. The van der Waals surface area contributed by atoms with Crippen molar-refractivity contribution in [1.82, 2.24) is 20.4 Å². The van der Waals surface area contributed by atoms with Crippen LogP contribution in [-0.2, 0) is 13.2 Å². The van der Waals surface area contributed by atoms with Gasteiger partial charge < -0.3 is 10.5 Å². The summed E-state index contributed by atoms with van der Waals surface area (Å²) in [6.45, 7) is 3.11. The van der Waals surface area contributed by atoms with E-state index in [-0.39, 0.29) is 5.11 Å². The Balaban J connectivity index is 1.52. The number of aromatic nitrogens is 3. The predicted octanol–water partition coefficient (Wildman–Crippen LogP) is 2.38. The topological polar surface area (TPSA) is 90.3 Å². The third-order valence-corrected chi connectivity index (χ3v) is 3.76. The van der Waals surface area contributed by atoms with Crippen LogP contribution in [0.3, 0.4) is 0 Å². The van der Waals surface area contributed by atoms with Crippen molar-refractivity contribution in [3.63, 3.8) is 0 Å². The number of hydrazone groups is 1. The number of nitrogens with zero attached hydrogens (tertiary/aromatic N) is 4. The Morgan fingerprint density at radius 2 is 2.11 bits per heavy atom. The third-order valence-electron chi connectivity index (χ3n) is 3.67. The number of hydrogen-bond acceptors (Lipinski definition) is 5. The smallest absolute Gasteiger partial charge is 0.184 e. The number of rotatable bonds is 7. The van der Waals surface area contributed by atoms with Crippen molar-refractivity contribution in [2.45, 2.75) is 20.1 Å². The van der Waals surface area contributed by atoms with Gasteiger partial charge in [0.1, 0.15) is 18.1 Å². The molecule has 0 spiro atoms. The molecule has 138 valence electrons. The average molecular weight is 380 g/mol. The van der Waals surface area contributed by atoms with Crippen LogP contribution >= 0.6 is 12.2 Å². The SMILES string of the molecule is Cc1cccc(Cn2cc(COc3ccc(/C=N/NC(N)=S)cc3)nn2)c1. The van der Waals surface area contributed by atoms with E-state index in [1.54, 1.807) is 6.21 Å². The lowest BCUT2D eigenvalue weighted by Crippen LogP contribution is -2.23. The molecule has 2 aromatic carbocycles. The monoisotopic (exact) mass is 380 g/mol. The van der Waals surface area contributed by atoms with Crippen LogP contribution in [0.4, 0.5) is 0 Å². The number of nitrogens with one attached hydrogen (secondary N) is 1. The van der Waals surface area contributed by atoms with Gasteiger partial charge in [0, 0.05) is 0 Å². The average Bonchev–Trinajstić information content (AvgIpc) is 3.08. The molecule has 0 saturated carbocycles. The van der Waals surface area contributed by atoms with Crippen molar-refractivity contribution < 1.29 is 4.74 Å². The van der Waals surface area contributed by atoms with Gasteiger partial charge in [0.15, 0.2) is 5.11 Å². The van der Waals surface area contributed by atoms with E-state index in [2.05, 4.69) is 58.2 Å². The molecule has 0 saturated heterocycles. The van der Waals surface area contributed by atoms with Crippen molar-refractivity contribution in [2.75, 3.05) is 0 Å². The summed E-state index contributed by atoms with van der Waals surface area (Å²) in [5.41, 5.74) is 11.9. The van der Waals surface area contributed by atoms with E-state index in [1.807, 2.05) is 41.2 Å². The van der Waals surface area contributed by atoms with E-state index in [4.69, 9.17) is 10.5 Å². The summed E-state index contributed by atoms with van der Waals surface area (Å²) in [5.74, 6) is 0.739. The maximum atomic E-state index is 5.76. The lowest BCUT2D eigenvalue weighted by Gasteiger charge is -2.04. The first-order valence-corrected chi connectivity index (χ1v) is 8.75. The highest BCUT2D eigenvalue weighted by molar-refractivity contribution is 7.80. The second-order valence-electron chi connectivity index (χ2n) is 5.99. The van der Waals surface area contributed by atoms with Crippen LogP contribution in [0.2, 0.25) is 0 Å². The Labute approximate surface area is 162 Å². The van der Waals surface area contributed by atoms with Crippen molar-refractivity contribution in [1.29, 1.82) is 0 Å². The van der Waals surface area contributed by atoms with E-state index >= 15 is 0 Å². The fourth-order valence-corrected chi connectivity index (χ4v) is 2.51. The number of ether oxygens (including phenoxy) is 1. The molecule has 8 heteroatoms. The normalized spacial score (nSPS) is 10.9. The minimum absolute atomic E-state index is 0.127. The van der Waals surface area contributed by atoms with E-state index < -0.39 is 0 Å². The first-order valence-electron chi connectivity index (χ1n) is 8.34. The van der Waals surface area contributed by atoms with Gasteiger partial charge in [-0.3, -0.25) is 5.43 Å². The van der Waals surface area contributed by atoms with Crippen LogP contribution in [0.1, 0.15) is 22.4 Å². The Morgan fingerprint density at radius 3 is 2.85 bits per heavy atom. The highest BCUT2D eigenvalue weighted by Crippen LogP contribution is 2.13. The Bertz CT molecular complexity index is 935. The van der Waals surface area contributed by atoms with Gasteiger partial charge in [0.25, 0.3) is 0 Å². The maximum Gasteiger partial charge on any atom is 0.184 e. The zero-order chi connectivity index (χ0) is 19.1. The Hall–Kier alpha value is -3.26. The molecule has 0 amide bonds. The van der Waals surface area contributed by atoms with Gasteiger partial charge >= 0.3 is 0 Å². The van der Waals surface area contributed by atoms with Gasteiger partial charge in [-0.1, -0.05) is 35.0 Å². The molecule has 0 unspecified atom stereocenters. The Morgan fingerprint density at radius 1 is 1.30 bits per heavy atom. The molecule has 0 fully saturated rings. The van der Waals surface area contributed by atoms with Gasteiger partial charge in [-0.2, -0.15) is 5.10 Å². The van der Waals surface area contributed by atoms with E-state index in [0.29, 0.717) is 13.2 Å². The van der Waals surface area contributed by atoms with Gasteiger partial charge in [0.05, 0.1) is 19.0 Å². The fourth-order valence-electron chi connectivity index (χ4n) is 2.46. The second-order valence-corrected chi connectivity index (χ2v) is 6.43. The lowest BCUT2D eigenvalue weighted by atomic mass is 10.1. The number of nitrogens with two attached hydrogens (primary N) is 1. The first kappa shape index (κ1) is 18.5. The van der Waals surface area contributed by atoms with Crippen molar-refractivity contribution >= 4 is 23.5 Å². The molecule has 0 aliphatic carbocycles. The van der Waals surface area contributed by atoms with Gasteiger partial charge in [-0.25, -0.2) is 4.68 Å². The summed E-state index contributed by atoms with van der Waals surface area (Å²) in [6.07, 6.45) is 3.52. The lowest BCUT2D eigenvalue weighted by molar-refractivity contribution is 0.301. The molecule has 0 aliphatic rings. The van der Waals surface area contributed by atoms with Crippen molar-refractivity contribution in [3.8, 4) is 5.75 Å². The molecular weight excluding hydrogens is 360 g/mol. The van der Waals surface area contributed by atoms with Crippen LogP contribution in [0.15, 0.2) is 59.8 Å². The molecule has 3 rings (SSSR count). The molecule has 3 aromatic rings. The summed E-state index contributed by atoms with van der Waals surface area (Å²) in [6, 6.07) is 15.8. The highest BCUT2D eigenvalue weighted by atomic mass is 32.1. The summed E-state index contributed by atoms with van der Waals surface area (Å²) in [4.78, 5) is 0. The summed E-state index contributed by atoms with van der Waals surface area (Å²) < 4.78 is 7.56. The van der Waals surface area contributed by atoms with Crippen LogP contribution in [-0.4, -0.2) is 26.3 Å². The first-order chi connectivity index (χ1) is 13.1. The molecule has 0 radical (unpaired) electrons. The van der Waals surface area contributed by atoms with E-state index in [1.165, 1.54) is 11.1 Å². The van der Waals surface area contributed by atoms with Crippen LogP contribution in [0, 0.1) is 6.92 Å². The highest BCUT2D eigenvalue weighted by Gasteiger charge is 2.03. The van der Waals surface area contributed by atoms with Gasteiger partial charge in [-0.05, 0) is 54.5 Å². The molecule has 0 atom stereocenters. The van der Waals surface area contributed by atoms with Crippen LogP contribution in [0.5, 0.6) is 5.75 Å². The molecular formula is C19H20N6OS. The predicted molar refractivity (Wildman–Crippen MR) is 109 cm³/mol. The molecule has 27 heavy (non-hydrogen) atoms. The van der Waals surface area contributed by atoms with Crippen molar-refractivity contribution in [2.24, 2.45) is 10.8 Å². The molecule has 0 aliphatic heterocycles. The number of aryl methyl sites for hydroxylation is 1. The zero-order valence-corrected chi connectivity index (χ0v) is 15.7. The van der Waals surface area contributed by atoms with Crippen LogP contribution < -0.4 is 15.9 Å². The zero-order valence-electron chi connectivity index (χ0n) is 14.9. The molecule has 3 N–H and O–H groups in total. The number of hydrogen-bond donors (Lipinski definition) is 2. The third kappa shape index (κ3) is 5.89. The van der Waals surface area contributed by atoms with Gasteiger partial charge in [0.2, 0.25) is 0 Å². The Kier molecular flexibility index (Phi) is 6.11. The van der Waals surface area contributed by atoms with E-state index in [9.17, 15) is 0 Å². The van der Waals surface area contributed by atoms with Crippen LogP contribution in [0.25, 0.3) is 0 Å². The second kappa shape index (κ2) is 8.91. The number of thiocarbonyl (C=S) groups is 1. The summed E-state index contributed by atoms with van der Waals surface area (Å²) >= 11 is 4.68. The number of benzene rings is 2. The maximum absolute atomic E-state index is 5.76. The van der Waals surface area contributed by atoms with Crippen molar-refractivity contribution in [3.05, 3.63) is 77.1 Å². The molecule has 1 aromatic heterocycles. The largest absolute Gasteiger partial charge is 0.487 e. The quantitative estimate of drug-likeness (QED) is 0.372.